The Balaban J connectivity index is 2.07. The zero-order chi connectivity index (χ0) is 12.3. The standard InChI is InChI=1S/C14H21NO2/c1-17-14-9-10(6-7-13(14)16)8-11-4-2-3-5-12(11)15/h6-7,9,11-12,16H,2-5,8,15H2,1H3/t11-,12-/m0/s1. The molecule has 2 rings (SSSR count). The summed E-state index contributed by atoms with van der Waals surface area (Å²) in [7, 11) is 1.57. The van der Waals surface area contributed by atoms with Crippen LogP contribution >= 0.6 is 0 Å². The summed E-state index contributed by atoms with van der Waals surface area (Å²) in [6.45, 7) is 0. The normalized spacial score (nSPS) is 24.6. The van der Waals surface area contributed by atoms with E-state index in [0.29, 0.717) is 17.7 Å². The van der Waals surface area contributed by atoms with Gasteiger partial charge in [-0.25, -0.2) is 0 Å². The highest BCUT2D eigenvalue weighted by Crippen LogP contribution is 2.30. The van der Waals surface area contributed by atoms with Crippen molar-refractivity contribution in [2.75, 3.05) is 7.11 Å². The van der Waals surface area contributed by atoms with E-state index in [1.165, 1.54) is 24.8 Å². The van der Waals surface area contributed by atoms with Gasteiger partial charge in [0, 0.05) is 6.04 Å². The van der Waals surface area contributed by atoms with E-state index in [2.05, 4.69) is 0 Å². The third-order valence-electron chi connectivity index (χ3n) is 3.71. The van der Waals surface area contributed by atoms with Crippen LogP contribution in [-0.4, -0.2) is 18.3 Å². The topological polar surface area (TPSA) is 55.5 Å². The van der Waals surface area contributed by atoms with Crippen molar-refractivity contribution in [3.05, 3.63) is 23.8 Å². The molecule has 3 N–H and O–H groups in total. The van der Waals surface area contributed by atoms with Gasteiger partial charge in [0.1, 0.15) is 0 Å². The lowest BCUT2D eigenvalue weighted by Crippen LogP contribution is -2.34. The number of nitrogens with two attached hydrogens (primary N) is 1. The van der Waals surface area contributed by atoms with Crippen molar-refractivity contribution in [1.82, 2.24) is 0 Å². The molecule has 0 aromatic heterocycles. The Kier molecular flexibility index (Phi) is 3.89. The third-order valence-corrected chi connectivity index (χ3v) is 3.71. The molecule has 3 heteroatoms. The van der Waals surface area contributed by atoms with Gasteiger partial charge in [-0.15, -0.1) is 0 Å². The molecule has 3 nitrogen and oxygen atoms in total. The minimum Gasteiger partial charge on any atom is -0.504 e. The first-order chi connectivity index (χ1) is 8.20. The number of benzene rings is 1. The van der Waals surface area contributed by atoms with E-state index in [-0.39, 0.29) is 5.75 Å². The minimum atomic E-state index is 0.198. The molecular weight excluding hydrogens is 214 g/mol. The van der Waals surface area contributed by atoms with Crippen LogP contribution in [0.2, 0.25) is 0 Å². The van der Waals surface area contributed by atoms with E-state index >= 15 is 0 Å². The van der Waals surface area contributed by atoms with Crippen molar-refractivity contribution >= 4 is 0 Å². The van der Waals surface area contributed by atoms with Crippen LogP contribution in [0.3, 0.4) is 0 Å². The Bertz CT molecular complexity index is 378. The molecular formula is C14H21NO2. The van der Waals surface area contributed by atoms with Gasteiger partial charge in [0.2, 0.25) is 0 Å². The van der Waals surface area contributed by atoms with Crippen molar-refractivity contribution in [3.8, 4) is 11.5 Å². The monoisotopic (exact) mass is 235 g/mol. The first-order valence-electron chi connectivity index (χ1n) is 6.32. The summed E-state index contributed by atoms with van der Waals surface area (Å²) in [5.41, 5.74) is 7.34. The second-order valence-corrected chi connectivity index (χ2v) is 4.92. The van der Waals surface area contributed by atoms with Gasteiger partial charge in [-0.1, -0.05) is 18.9 Å². The highest BCUT2D eigenvalue weighted by atomic mass is 16.5. The van der Waals surface area contributed by atoms with Crippen LogP contribution in [-0.2, 0) is 6.42 Å². The van der Waals surface area contributed by atoms with Crippen LogP contribution in [0.25, 0.3) is 0 Å². The number of ether oxygens (including phenoxy) is 1. The molecule has 0 bridgehead atoms. The maximum atomic E-state index is 9.54. The summed E-state index contributed by atoms with van der Waals surface area (Å²) >= 11 is 0. The first kappa shape index (κ1) is 12.2. The fraction of sp³-hybridized carbons (Fsp3) is 0.571. The molecule has 0 spiro atoms. The van der Waals surface area contributed by atoms with E-state index in [1.807, 2.05) is 12.1 Å². The number of methoxy groups -OCH3 is 1. The zero-order valence-corrected chi connectivity index (χ0v) is 10.4. The van der Waals surface area contributed by atoms with Crippen molar-refractivity contribution in [2.45, 2.75) is 38.1 Å². The Morgan fingerprint density at radius 1 is 1.35 bits per heavy atom. The SMILES string of the molecule is COc1cc(C[C@@H]2CCCC[C@@H]2N)ccc1O. The van der Waals surface area contributed by atoms with Crippen LogP contribution in [0.5, 0.6) is 11.5 Å². The van der Waals surface area contributed by atoms with E-state index in [1.54, 1.807) is 13.2 Å². The molecule has 0 aliphatic heterocycles. The fourth-order valence-corrected chi connectivity index (χ4v) is 2.64. The number of phenols is 1. The van der Waals surface area contributed by atoms with Crippen molar-refractivity contribution < 1.29 is 9.84 Å². The Morgan fingerprint density at radius 3 is 2.82 bits per heavy atom. The lowest BCUT2D eigenvalue weighted by Gasteiger charge is -2.28. The molecule has 2 atom stereocenters. The van der Waals surface area contributed by atoms with Crippen LogP contribution in [0.4, 0.5) is 0 Å². The van der Waals surface area contributed by atoms with Gasteiger partial charge in [-0.3, -0.25) is 0 Å². The number of hydrogen-bond donors (Lipinski definition) is 2. The fourth-order valence-electron chi connectivity index (χ4n) is 2.64. The maximum absolute atomic E-state index is 9.54. The quantitative estimate of drug-likeness (QED) is 0.846. The molecule has 0 radical (unpaired) electrons. The summed E-state index contributed by atoms with van der Waals surface area (Å²) < 4.78 is 5.12. The summed E-state index contributed by atoms with van der Waals surface area (Å²) in [5.74, 6) is 1.31. The summed E-state index contributed by atoms with van der Waals surface area (Å²) in [4.78, 5) is 0. The minimum absolute atomic E-state index is 0.198. The molecule has 1 saturated carbocycles. The largest absolute Gasteiger partial charge is 0.504 e. The Morgan fingerprint density at radius 2 is 2.12 bits per heavy atom. The number of aromatic hydroxyl groups is 1. The molecule has 1 aliphatic carbocycles. The van der Waals surface area contributed by atoms with Gasteiger partial charge in [-0.2, -0.15) is 0 Å². The Hall–Kier alpha value is -1.22. The van der Waals surface area contributed by atoms with Gasteiger partial charge >= 0.3 is 0 Å². The number of hydrogen-bond acceptors (Lipinski definition) is 3. The van der Waals surface area contributed by atoms with E-state index in [0.717, 1.165) is 12.8 Å². The summed E-state index contributed by atoms with van der Waals surface area (Å²) in [5, 5.41) is 9.54. The second kappa shape index (κ2) is 5.41. The highest BCUT2D eigenvalue weighted by molar-refractivity contribution is 5.41. The van der Waals surface area contributed by atoms with Crippen LogP contribution in [0.15, 0.2) is 18.2 Å². The Labute approximate surface area is 103 Å². The van der Waals surface area contributed by atoms with Crippen molar-refractivity contribution in [2.24, 2.45) is 11.7 Å². The van der Waals surface area contributed by atoms with Crippen LogP contribution < -0.4 is 10.5 Å². The average Bonchev–Trinajstić information content (AvgIpc) is 2.34. The molecule has 0 saturated heterocycles. The zero-order valence-electron chi connectivity index (χ0n) is 10.4. The van der Waals surface area contributed by atoms with E-state index < -0.39 is 0 Å². The summed E-state index contributed by atoms with van der Waals surface area (Å²) in [6.07, 6.45) is 5.88. The molecule has 0 heterocycles. The molecule has 94 valence electrons. The predicted molar refractivity (Wildman–Crippen MR) is 68.3 cm³/mol. The third kappa shape index (κ3) is 2.91. The van der Waals surface area contributed by atoms with E-state index in [4.69, 9.17) is 10.5 Å². The highest BCUT2D eigenvalue weighted by Gasteiger charge is 2.22. The maximum Gasteiger partial charge on any atom is 0.160 e. The van der Waals surface area contributed by atoms with Gasteiger partial charge in [-0.05, 0) is 42.9 Å². The molecule has 0 amide bonds. The lowest BCUT2D eigenvalue weighted by molar-refractivity contribution is 0.305. The first-order valence-corrected chi connectivity index (χ1v) is 6.32. The van der Waals surface area contributed by atoms with Gasteiger partial charge in [0.15, 0.2) is 11.5 Å². The number of rotatable bonds is 3. The molecule has 1 aliphatic rings. The average molecular weight is 235 g/mol. The molecule has 0 unspecified atom stereocenters. The summed E-state index contributed by atoms with van der Waals surface area (Å²) in [6, 6.07) is 5.89. The number of phenolic OH excluding ortho intramolecular Hbond substituents is 1. The van der Waals surface area contributed by atoms with Crippen LogP contribution in [0, 0.1) is 5.92 Å². The molecule has 1 fully saturated rings. The van der Waals surface area contributed by atoms with Gasteiger partial charge < -0.3 is 15.6 Å². The smallest absolute Gasteiger partial charge is 0.160 e. The predicted octanol–water partition coefficient (Wildman–Crippen LogP) is 2.46. The van der Waals surface area contributed by atoms with Crippen molar-refractivity contribution in [1.29, 1.82) is 0 Å². The van der Waals surface area contributed by atoms with E-state index in [9.17, 15) is 5.11 Å². The molecule has 1 aromatic carbocycles. The molecule has 1 aromatic rings. The molecule has 17 heavy (non-hydrogen) atoms. The van der Waals surface area contributed by atoms with Crippen molar-refractivity contribution in [3.63, 3.8) is 0 Å². The van der Waals surface area contributed by atoms with Gasteiger partial charge in [0.25, 0.3) is 0 Å². The van der Waals surface area contributed by atoms with Gasteiger partial charge in [0.05, 0.1) is 7.11 Å². The van der Waals surface area contributed by atoms with Crippen LogP contribution in [0.1, 0.15) is 31.2 Å². The lowest BCUT2D eigenvalue weighted by atomic mass is 9.81. The second-order valence-electron chi connectivity index (χ2n) is 4.92.